The van der Waals surface area contributed by atoms with Gasteiger partial charge in [0.25, 0.3) is 5.82 Å². The van der Waals surface area contributed by atoms with Crippen molar-refractivity contribution in [2.24, 2.45) is 5.92 Å². The molecule has 182 valence electrons. The Morgan fingerprint density at radius 1 is 1.09 bits per heavy atom. The molecule has 0 aliphatic heterocycles. The van der Waals surface area contributed by atoms with E-state index in [0.29, 0.717) is 0 Å². The molecule has 10 nitrogen and oxygen atoms in total. The van der Waals surface area contributed by atoms with Gasteiger partial charge in [-0.3, -0.25) is 9.69 Å². The molecule has 1 aromatic rings. The standard InChI is InChI=1S/C19H29F3N4O6/c1-10(2)8-11(26(7)17(30)31-18(3,4)5)14(27)25(6)12(15(28)29)9-13-23-16(24-32-13)19(20,21)22/h10-12H,8-9H2,1-7H3,(H,28,29)/t11-,12+/m0/s1. The van der Waals surface area contributed by atoms with Crippen LogP contribution in [0.3, 0.4) is 0 Å². The van der Waals surface area contributed by atoms with E-state index >= 15 is 0 Å². The van der Waals surface area contributed by atoms with Gasteiger partial charge >= 0.3 is 18.2 Å². The Kier molecular flexibility index (Phi) is 8.64. The van der Waals surface area contributed by atoms with Crippen LogP contribution in [-0.4, -0.2) is 74.8 Å². The van der Waals surface area contributed by atoms with E-state index in [1.165, 1.54) is 14.1 Å². The van der Waals surface area contributed by atoms with Crippen molar-refractivity contribution in [2.45, 2.75) is 71.3 Å². The monoisotopic (exact) mass is 466 g/mol. The van der Waals surface area contributed by atoms with Gasteiger partial charge in [0.05, 0.1) is 6.42 Å². The van der Waals surface area contributed by atoms with Crippen molar-refractivity contribution in [1.82, 2.24) is 19.9 Å². The molecule has 2 atom stereocenters. The summed E-state index contributed by atoms with van der Waals surface area (Å²) in [6.45, 7) is 8.60. The number of halogens is 3. The Morgan fingerprint density at radius 2 is 1.66 bits per heavy atom. The number of aliphatic carboxylic acids is 1. The Labute approximate surface area is 183 Å². The number of hydrogen-bond acceptors (Lipinski definition) is 7. The second-order valence-corrected chi connectivity index (χ2v) is 8.75. The Bertz CT molecular complexity index is 819. The SMILES string of the molecule is CC(C)C[C@@H](C(=O)N(C)[C@H](Cc1nc(C(F)(F)F)no1)C(=O)O)N(C)C(=O)OC(C)(C)C. The fraction of sp³-hybridized carbons (Fsp3) is 0.737. The summed E-state index contributed by atoms with van der Waals surface area (Å²) in [7, 11) is 2.54. The maximum Gasteiger partial charge on any atom is 0.455 e. The number of ether oxygens (including phenoxy) is 1. The van der Waals surface area contributed by atoms with Crippen molar-refractivity contribution in [3.8, 4) is 0 Å². The third-order valence-electron chi connectivity index (χ3n) is 4.32. The Balaban J connectivity index is 3.13. The van der Waals surface area contributed by atoms with Crippen molar-refractivity contribution < 1.29 is 41.9 Å². The second kappa shape index (κ2) is 10.2. The number of alkyl halides is 3. The van der Waals surface area contributed by atoms with Crippen molar-refractivity contribution in [2.75, 3.05) is 14.1 Å². The summed E-state index contributed by atoms with van der Waals surface area (Å²) in [5.74, 6) is -4.40. The lowest BCUT2D eigenvalue weighted by Crippen LogP contribution is -2.54. The highest BCUT2D eigenvalue weighted by molar-refractivity contribution is 5.89. The van der Waals surface area contributed by atoms with Gasteiger partial charge in [-0.05, 0) is 33.1 Å². The number of carbonyl (C=O) groups excluding carboxylic acids is 2. The number of carboxylic acid groups (broad SMARTS) is 1. The minimum Gasteiger partial charge on any atom is -0.480 e. The summed E-state index contributed by atoms with van der Waals surface area (Å²) in [6.07, 6.45) is -6.08. The van der Waals surface area contributed by atoms with Gasteiger partial charge in [-0.25, -0.2) is 9.59 Å². The first-order chi connectivity index (χ1) is 14.4. The zero-order valence-electron chi connectivity index (χ0n) is 19.1. The van der Waals surface area contributed by atoms with E-state index in [9.17, 15) is 32.7 Å². The van der Waals surface area contributed by atoms with Gasteiger partial charge in [0.15, 0.2) is 0 Å². The molecular formula is C19H29F3N4O6. The molecule has 0 aliphatic rings. The summed E-state index contributed by atoms with van der Waals surface area (Å²) >= 11 is 0. The maximum atomic E-state index is 13.2. The molecule has 0 unspecified atom stereocenters. The molecule has 0 bridgehead atoms. The molecule has 0 radical (unpaired) electrons. The predicted octanol–water partition coefficient (Wildman–Crippen LogP) is 2.82. The van der Waals surface area contributed by atoms with Crippen LogP contribution in [0.25, 0.3) is 0 Å². The number of nitrogens with zero attached hydrogens (tertiary/aromatic N) is 4. The molecule has 0 aromatic carbocycles. The van der Waals surface area contributed by atoms with E-state index in [1.807, 2.05) is 13.8 Å². The third kappa shape index (κ3) is 7.68. The van der Waals surface area contributed by atoms with E-state index in [4.69, 9.17) is 4.74 Å². The van der Waals surface area contributed by atoms with E-state index in [1.54, 1.807) is 20.8 Å². The zero-order valence-corrected chi connectivity index (χ0v) is 19.1. The predicted molar refractivity (Wildman–Crippen MR) is 104 cm³/mol. The highest BCUT2D eigenvalue weighted by atomic mass is 19.4. The second-order valence-electron chi connectivity index (χ2n) is 8.75. The first-order valence-corrected chi connectivity index (χ1v) is 9.79. The van der Waals surface area contributed by atoms with Gasteiger partial charge in [0.2, 0.25) is 11.8 Å². The summed E-state index contributed by atoms with van der Waals surface area (Å²) in [5.41, 5.74) is -0.819. The van der Waals surface area contributed by atoms with Crippen LogP contribution in [0.1, 0.15) is 52.8 Å². The normalized spacial score (nSPS) is 14.1. The Morgan fingerprint density at radius 3 is 2.06 bits per heavy atom. The van der Waals surface area contributed by atoms with Crippen LogP contribution in [0.5, 0.6) is 0 Å². The van der Waals surface area contributed by atoms with Crippen LogP contribution in [0.2, 0.25) is 0 Å². The van der Waals surface area contributed by atoms with Crippen LogP contribution in [0.4, 0.5) is 18.0 Å². The topological polar surface area (TPSA) is 126 Å². The van der Waals surface area contributed by atoms with Crippen molar-refractivity contribution in [3.05, 3.63) is 11.7 Å². The molecule has 0 spiro atoms. The smallest absolute Gasteiger partial charge is 0.455 e. The molecule has 0 saturated carbocycles. The van der Waals surface area contributed by atoms with Gasteiger partial charge in [0.1, 0.15) is 17.7 Å². The van der Waals surface area contributed by atoms with Gasteiger partial charge in [-0.2, -0.15) is 18.2 Å². The van der Waals surface area contributed by atoms with E-state index in [0.717, 1.165) is 9.80 Å². The first kappa shape index (κ1) is 27.2. The molecule has 13 heteroatoms. The molecule has 32 heavy (non-hydrogen) atoms. The third-order valence-corrected chi connectivity index (χ3v) is 4.32. The average molecular weight is 466 g/mol. The number of rotatable bonds is 8. The zero-order chi connectivity index (χ0) is 25.0. The molecule has 0 fully saturated rings. The van der Waals surface area contributed by atoms with E-state index in [2.05, 4.69) is 14.7 Å². The fourth-order valence-corrected chi connectivity index (χ4v) is 2.73. The molecule has 1 heterocycles. The number of carbonyl (C=O) groups is 3. The highest BCUT2D eigenvalue weighted by Gasteiger charge is 2.40. The summed E-state index contributed by atoms with van der Waals surface area (Å²) in [4.78, 5) is 42.5. The average Bonchev–Trinajstić information content (AvgIpc) is 3.09. The summed E-state index contributed by atoms with van der Waals surface area (Å²) in [6, 6.07) is -2.67. The quantitative estimate of drug-likeness (QED) is 0.620. The Hall–Kier alpha value is -2.86. The lowest BCUT2D eigenvalue weighted by Gasteiger charge is -2.34. The maximum absolute atomic E-state index is 13.2. The number of hydrogen-bond donors (Lipinski definition) is 1. The fourth-order valence-electron chi connectivity index (χ4n) is 2.73. The first-order valence-electron chi connectivity index (χ1n) is 9.79. The molecule has 1 aromatic heterocycles. The largest absolute Gasteiger partial charge is 0.480 e. The number of aromatic nitrogens is 2. The minimum atomic E-state index is -4.86. The van der Waals surface area contributed by atoms with Crippen LogP contribution < -0.4 is 0 Å². The van der Waals surface area contributed by atoms with E-state index < -0.39 is 60.0 Å². The summed E-state index contributed by atoms with van der Waals surface area (Å²) in [5, 5.41) is 12.4. The molecule has 0 saturated heterocycles. The van der Waals surface area contributed by atoms with Crippen LogP contribution in [-0.2, 0) is 26.9 Å². The minimum absolute atomic E-state index is 0.0456. The van der Waals surface area contributed by atoms with Gasteiger partial charge < -0.3 is 19.3 Å². The molecular weight excluding hydrogens is 437 g/mol. The molecule has 1 rings (SSSR count). The van der Waals surface area contributed by atoms with Crippen molar-refractivity contribution in [3.63, 3.8) is 0 Å². The van der Waals surface area contributed by atoms with Crippen LogP contribution in [0, 0.1) is 5.92 Å². The van der Waals surface area contributed by atoms with E-state index in [-0.39, 0.29) is 12.3 Å². The van der Waals surface area contributed by atoms with Crippen molar-refractivity contribution in [1.29, 1.82) is 0 Å². The number of amides is 2. The molecule has 2 amide bonds. The highest BCUT2D eigenvalue weighted by Crippen LogP contribution is 2.26. The summed E-state index contributed by atoms with van der Waals surface area (Å²) < 4.78 is 47.8. The van der Waals surface area contributed by atoms with Gasteiger partial charge in [0, 0.05) is 14.1 Å². The molecule has 0 aliphatic carbocycles. The number of carboxylic acids is 1. The van der Waals surface area contributed by atoms with Gasteiger partial charge in [-0.1, -0.05) is 19.0 Å². The number of likely N-dealkylation sites (N-methyl/N-ethyl adjacent to an activating group) is 2. The van der Waals surface area contributed by atoms with Crippen LogP contribution in [0.15, 0.2) is 4.52 Å². The molecule has 1 N–H and O–H groups in total. The van der Waals surface area contributed by atoms with Gasteiger partial charge in [-0.15, -0.1) is 0 Å². The lowest BCUT2D eigenvalue weighted by atomic mass is 10.0. The lowest BCUT2D eigenvalue weighted by molar-refractivity contribution is -0.151. The van der Waals surface area contributed by atoms with Crippen LogP contribution >= 0.6 is 0 Å². The van der Waals surface area contributed by atoms with Crippen molar-refractivity contribution >= 4 is 18.0 Å².